The van der Waals surface area contributed by atoms with Gasteiger partial charge in [0.05, 0.1) is 11.9 Å². The van der Waals surface area contributed by atoms with Crippen molar-refractivity contribution in [3.63, 3.8) is 0 Å². The van der Waals surface area contributed by atoms with E-state index in [9.17, 15) is 4.79 Å². The van der Waals surface area contributed by atoms with Crippen LogP contribution in [0.5, 0.6) is 0 Å². The number of fused-ring (bicyclic) bond motifs is 2. The SMILES string of the molecule is O=C(c1cnc2cccnn12)N1CCc2[nH]nc(-c3ccccc3)c2CC1. The van der Waals surface area contributed by atoms with Crippen LogP contribution in [0.3, 0.4) is 0 Å². The van der Waals surface area contributed by atoms with Gasteiger partial charge < -0.3 is 4.90 Å². The number of imidazole rings is 1. The Bertz CT molecular complexity index is 1110. The Morgan fingerprint density at radius 1 is 1.04 bits per heavy atom. The van der Waals surface area contributed by atoms with E-state index in [-0.39, 0.29) is 5.91 Å². The molecule has 0 aliphatic carbocycles. The van der Waals surface area contributed by atoms with Crippen LogP contribution in [0, 0.1) is 0 Å². The average molecular weight is 358 g/mol. The third-order valence-electron chi connectivity index (χ3n) is 5.05. The monoisotopic (exact) mass is 358 g/mol. The first-order valence-electron chi connectivity index (χ1n) is 9.01. The van der Waals surface area contributed by atoms with Gasteiger partial charge >= 0.3 is 0 Å². The Balaban J connectivity index is 1.42. The molecule has 0 bridgehead atoms. The van der Waals surface area contributed by atoms with Gasteiger partial charge in [-0.15, -0.1) is 0 Å². The molecular formula is C20H18N6O. The number of rotatable bonds is 2. The summed E-state index contributed by atoms with van der Waals surface area (Å²) in [5, 5.41) is 11.9. The number of hydrogen-bond acceptors (Lipinski definition) is 4. The molecule has 1 aliphatic rings. The molecule has 134 valence electrons. The van der Waals surface area contributed by atoms with Gasteiger partial charge in [-0.25, -0.2) is 9.50 Å². The van der Waals surface area contributed by atoms with Gasteiger partial charge in [0.2, 0.25) is 0 Å². The quantitative estimate of drug-likeness (QED) is 0.597. The standard InChI is InChI=1S/C20H18N6O/c27-20(17-13-21-18-7-4-10-22-26(17)18)25-11-8-15-16(9-12-25)23-24-19(15)14-5-2-1-3-6-14/h1-7,10,13H,8-9,11-12H2,(H,23,24). The number of carbonyl (C=O) groups is 1. The third-order valence-corrected chi connectivity index (χ3v) is 5.05. The number of carbonyl (C=O) groups excluding carboxylic acids is 1. The summed E-state index contributed by atoms with van der Waals surface area (Å²) in [5.74, 6) is -0.0411. The Labute approximate surface area is 155 Å². The normalized spacial score (nSPS) is 14.1. The zero-order valence-electron chi connectivity index (χ0n) is 14.7. The molecule has 27 heavy (non-hydrogen) atoms. The fourth-order valence-corrected chi connectivity index (χ4v) is 3.66. The molecular weight excluding hydrogens is 340 g/mol. The number of nitrogens with one attached hydrogen (secondary N) is 1. The molecule has 7 heteroatoms. The first-order chi connectivity index (χ1) is 13.3. The Morgan fingerprint density at radius 3 is 2.78 bits per heavy atom. The molecule has 1 aliphatic heterocycles. The summed E-state index contributed by atoms with van der Waals surface area (Å²) in [6, 6.07) is 13.8. The highest BCUT2D eigenvalue weighted by atomic mass is 16.2. The zero-order valence-corrected chi connectivity index (χ0v) is 14.7. The summed E-state index contributed by atoms with van der Waals surface area (Å²) in [7, 11) is 0. The smallest absolute Gasteiger partial charge is 0.274 e. The van der Waals surface area contributed by atoms with E-state index in [0.717, 1.165) is 29.8 Å². The van der Waals surface area contributed by atoms with Gasteiger partial charge in [0.1, 0.15) is 0 Å². The van der Waals surface area contributed by atoms with Crippen molar-refractivity contribution in [2.75, 3.05) is 13.1 Å². The van der Waals surface area contributed by atoms with E-state index >= 15 is 0 Å². The maximum absolute atomic E-state index is 13.1. The lowest BCUT2D eigenvalue weighted by Crippen LogP contribution is -2.34. The maximum Gasteiger partial charge on any atom is 0.274 e. The molecule has 1 aromatic carbocycles. The minimum atomic E-state index is -0.0411. The third kappa shape index (κ3) is 2.68. The molecule has 0 saturated heterocycles. The van der Waals surface area contributed by atoms with Crippen LogP contribution < -0.4 is 0 Å². The molecule has 1 amide bonds. The van der Waals surface area contributed by atoms with E-state index in [1.807, 2.05) is 35.2 Å². The van der Waals surface area contributed by atoms with Crippen LogP contribution >= 0.6 is 0 Å². The van der Waals surface area contributed by atoms with E-state index in [4.69, 9.17) is 0 Å². The van der Waals surface area contributed by atoms with E-state index in [0.29, 0.717) is 24.4 Å². The summed E-state index contributed by atoms with van der Waals surface area (Å²) in [5.41, 5.74) is 5.57. The molecule has 0 radical (unpaired) electrons. The number of aromatic amines is 1. The molecule has 0 saturated carbocycles. The number of H-pyrrole nitrogens is 1. The number of aromatic nitrogens is 5. The van der Waals surface area contributed by atoms with Crippen molar-refractivity contribution in [2.45, 2.75) is 12.8 Å². The van der Waals surface area contributed by atoms with Gasteiger partial charge in [0.25, 0.3) is 5.91 Å². The maximum atomic E-state index is 13.1. The summed E-state index contributed by atoms with van der Waals surface area (Å²) < 4.78 is 1.60. The molecule has 4 heterocycles. The van der Waals surface area contributed by atoms with Crippen LogP contribution in [0.15, 0.2) is 54.9 Å². The number of hydrogen-bond donors (Lipinski definition) is 1. The van der Waals surface area contributed by atoms with E-state index < -0.39 is 0 Å². The van der Waals surface area contributed by atoms with E-state index in [1.165, 1.54) is 5.56 Å². The van der Waals surface area contributed by atoms with Crippen molar-refractivity contribution in [2.24, 2.45) is 0 Å². The van der Waals surface area contributed by atoms with E-state index in [1.54, 1.807) is 16.9 Å². The molecule has 0 atom stereocenters. The molecule has 5 rings (SSSR count). The van der Waals surface area contributed by atoms with Crippen LogP contribution in [0.1, 0.15) is 21.7 Å². The first-order valence-corrected chi connectivity index (χ1v) is 9.01. The minimum absolute atomic E-state index is 0.0411. The van der Waals surface area contributed by atoms with Crippen molar-refractivity contribution >= 4 is 11.6 Å². The second-order valence-electron chi connectivity index (χ2n) is 6.62. The molecule has 3 aromatic heterocycles. The van der Waals surface area contributed by atoms with Gasteiger partial charge in [-0.1, -0.05) is 30.3 Å². The topological polar surface area (TPSA) is 79.2 Å². The number of benzene rings is 1. The Morgan fingerprint density at radius 2 is 1.89 bits per heavy atom. The highest BCUT2D eigenvalue weighted by Crippen LogP contribution is 2.26. The largest absolute Gasteiger partial charge is 0.337 e. The number of amides is 1. The van der Waals surface area contributed by atoms with Crippen molar-refractivity contribution in [3.8, 4) is 11.3 Å². The summed E-state index contributed by atoms with van der Waals surface area (Å²) >= 11 is 0. The van der Waals surface area contributed by atoms with Gasteiger partial charge in [-0.2, -0.15) is 10.2 Å². The molecule has 0 fully saturated rings. The van der Waals surface area contributed by atoms with E-state index in [2.05, 4.69) is 32.4 Å². The van der Waals surface area contributed by atoms with Gasteiger partial charge in [-0.3, -0.25) is 9.89 Å². The molecule has 7 nitrogen and oxygen atoms in total. The average Bonchev–Trinajstić information content (AvgIpc) is 3.27. The van der Waals surface area contributed by atoms with Crippen molar-refractivity contribution in [1.82, 2.24) is 29.7 Å². The van der Waals surface area contributed by atoms with Crippen LogP contribution in [0.2, 0.25) is 0 Å². The van der Waals surface area contributed by atoms with Crippen molar-refractivity contribution in [3.05, 3.63) is 71.8 Å². The lowest BCUT2D eigenvalue weighted by molar-refractivity contribution is 0.0754. The number of nitrogens with zero attached hydrogens (tertiary/aromatic N) is 5. The fraction of sp³-hybridized carbons (Fsp3) is 0.200. The van der Waals surface area contributed by atoms with Gasteiger partial charge in [0, 0.05) is 42.5 Å². The highest BCUT2D eigenvalue weighted by Gasteiger charge is 2.25. The van der Waals surface area contributed by atoms with Crippen LogP contribution in [-0.4, -0.2) is 48.7 Å². The molecule has 4 aromatic rings. The van der Waals surface area contributed by atoms with Gasteiger partial charge in [0.15, 0.2) is 11.3 Å². The van der Waals surface area contributed by atoms with Crippen molar-refractivity contribution < 1.29 is 4.79 Å². The highest BCUT2D eigenvalue weighted by molar-refractivity contribution is 5.93. The molecule has 0 spiro atoms. The lowest BCUT2D eigenvalue weighted by atomic mass is 10.0. The summed E-state index contributed by atoms with van der Waals surface area (Å²) in [6.45, 7) is 1.29. The van der Waals surface area contributed by atoms with Crippen molar-refractivity contribution in [1.29, 1.82) is 0 Å². The minimum Gasteiger partial charge on any atom is -0.337 e. The second kappa shape index (κ2) is 6.35. The molecule has 1 N–H and O–H groups in total. The lowest BCUT2D eigenvalue weighted by Gasteiger charge is -2.19. The Hall–Kier alpha value is -3.48. The van der Waals surface area contributed by atoms with Gasteiger partial charge in [-0.05, 0) is 18.6 Å². The second-order valence-corrected chi connectivity index (χ2v) is 6.62. The molecule has 0 unspecified atom stereocenters. The Kier molecular flexibility index (Phi) is 3.71. The zero-order chi connectivity index (χ0) is 18.2. The predicted octanol–water partition coefficient (Wildman–Crippen LogP) is 2.36. The first kappa shape index (κ1) is 15.7. The van der Waals surface area contributed by atoms with Crippen LogP contribution in [0.25, 0.3) is 16.9 Å². The van der Waals surface area contributed by atoms with Crippen LogP contribution in [0.4, 0.5) is 0 Å². The fourth-order valence-electron chi connectivity index (χ4n) is 3.66. The van der Waals surface area contributed by atoms with Crippen LogP contribution in [-0.2, 0) is 12.8 Å². The predicted molar refractivity (Wildman–Crippen MR) is 100 cm³/mol. The summed E-state index contributed by atoms with van der Waals surface area (Å²) in [4.78, 5) is 19.2. The summed E-state index contributed by atoms with van der Waals surface area (Å²) in [6.07, 6.45) is 4.79.